The fraction of sp³-hybridized carbons (Fsp3) is 0.500. The number of hydrogen-bond acceptors (Lipinski definition) is 2. The van der Waals surface area contributed by atoms with Gasteiger partial charge in [0.05, 0.1) is 23.2 Å². The summed E-state index contributed by atoms with van der Waals surface area (Å²) < 4.78 is 8.61. The quantitative estimate of drug-likeness (QED) is 0.851. The van der Waals surface area contributed by atoms with Crippen molar-refractivity contribution in [2.24, 2.45) is 0 Å². The van der Waals surface area contributed by atoms with Gasteiger partial charge in [-0.2, -0.15) is 0 Å². The van der Waals surface area contributed by atoms with E-state index in [1.807, 2.05) is 6.92 Å². The van der Waals surface area contributed by atoms with E-state index < -0.39 is 0 Å². The van der Waals surface area contributed by atoms with E-state index in [-0.39, 0.29) is 5.60 Å². The average Bonchev–Trinajstić information content (AvgIpc) is 2.54. The molecule has 0 saturated heterocycles. The van der Waals surface area contributed by atoms with Crippen molar-refractivity contribution >= 4 is 23.3 Å². The molecule has 0 atom stereocenters. The second kappa shape index (κ2) is 4.86. The van der Waals surface area contributed by atoms with Gasteiger partial charge in [0.25, 0.3) is 0 Å². The van der Waals surface area contributed by atoms with Crippen molar-refractivity contribution < 1.29 is 4.74 Å². The summed E-state index contributed by atoms with van der Waals surface area (Å²) in [5.74, 6) is 0. The average molecular weight is 264 g/mol. The molecule has 98 valence electrons. The molecule has 0 amide bonds. The Bertz CT molecular complexity index is 610. The number of rotatable bonds is 4. The fourth-order valence-electron chi connectivity index (χ4n) is 2.25. The van der Waals surface area contributed by atoms with E-state index in [1.165, 1.54) is 5.56 Å². The van der Waals surface area contributed by atoms with Gasteiger partial charge in [-0.1, -0.05) is 6.07 Å². The highest BCUT2D eigenvalue weighted by atomic mass is 32.1. The second-order valence-electron chi connectivity index (χ2n) is 5.23. The Morgan fingerprint density at radius 3 is 2.78 bits per heavy atom. The number of ether oxygens (including phenoxy) is 1. The van der Waals surface area contributed by atoms with Gasteiger partial charge in [-0.3, -0.25) is 0 Å². The topological polar surface area (TPSA) is 29.9 Å². The van der Waals surface area contributed by atoms with Gasteiger partial charge in [0.2, 0.25) is 0 Å². The predicted molar refractivity (Wildman–Crippen MR) is 77.6 cm³/mol. The Hall–Kier alpha value is -1.13. The third-order valence-corrected chi connectivity index (χ3v) is 3.33. The van der Waals surface area contributed by atoms with Crippen LogP contribution >= 0.6 is 12.2 Å². The van der Waals surface area contributed by atoms with Crippen LogP contribution in [0.1, 0.15) is 26.3 Å². The molecular formula is C14H20N2OS. The van der Waals surface area contributed by atoms with Crippen LogP contribution in [0.3, 0.4) is 0 Å². The van der Waals surface area contributed by atoms with Gasteiger partial charge < -0.3 is 14.3 Å². The number of fused-ring (bicyclic) bond motifs is 1. The lowest BCUT2D eigenvalue weighted by Crippen LogP contribution is -2.30. The van der Waals surface area contributed by atoms with E-state index in [2.05, 4.69) is 48.5 Å². The van der Waals surface area contributed by atoms with Gasteiger partial charge >= 0.3 is 0 Å². The highest BCUT2D eigenvalue weighted by Crippen LogP contribution is 2.20. The van der Waals surface area contributed by atoms with E-state index in [9.17, 15) is 0 Å². The molecule has 1 aromatic heterocycles. The molecule has 0 radical (unpaired) electrons. The van der Waals surface area contributed by atoms with Crippen LogP contribution < -0.4 is 0 Å². The summed E-state index contributed by atoms with van der Waals surface area (Å²) in [5.41, 5.74) is 3.24. The summed E-state index contributed by atoms with van der Waals surface area (Å²) in [7, 11) is 0. The van der Waals surface area contributed by atoms with Crippen molar-refractivity contribution in [3.05, 3.63) is 28.5 Å². The van der Waals surface area contributed by atoms with E-state index in [1.54, 1.807) is 0 Å². The largest absolute Gasteiger partial charge is 0.374 e. The minimum absolute atomic E-state index is 0.215. The summed E-state index contributed by atoms with van der Waals surface area (Å²) in [6.45, 7) is 9.73. The maximum Gasteiger partial charge on any atom is 0.178 e. The lowest BCUT2D eigenvalue weighted by molar-refractivity contribution is -0.0219. The molecule has 0 aliphatic rings. The Labute approximate surface area is 113 Å². The Morgan fingerprint density at radius 2 is 2.11 bits per heavy atom. The highest BCUT2D eigenvalue weighted by molar-refractivity contribution is 7.71. The number of aryl methyl sites for hydroxylation is 1. The van der Waals surface area contributed by atoms with Crippen LogP contribution in [0.4, 0.5) is 0 Å². The lowest BCUT2D eigenvalue weighted by Gasteiger charge is -2.25. The number of imidazole rings is 1. The van der Waals surface area contributed by atoms with E-state index in [0.717, 1.165) is 22.3 Å². The first kappa shape index (κ1) is 13.3. The number of aromatic amines is 1. The Kier molecular flexibility index (Phi) is 3.59. The minimum Gasteiger partial charge on any atom is -0.374 e. The molecule has 2 rings (SSSR count). The first-order valence-corrected chi connectivity index (χ1v) is 6.67. The van der Waals surface area contributed by atoms with Crippen LogP contribution in [-0.2, 0) is 11.3 Å². The Morgan fingerprint density at radius 1 is 1.39 bits per heavy atom. The number of aromatic nitrogens is 2. The monoisotopic (exact) mass is 264 g/mol. The maximum atomic E-state index is 5.75. The van der Waals surface area contributed by atoms with Crippen LogP contribution in [0.5, 0.6) is 0 Å². The SMILES string of the molecule is CCOC(C)(C)Cn1c(=S)[nH]c2cc(C)ccc21. The van der Waals surface area contributed by atoms with Crippen molar-refractivity contribution in [3.8, 4) is 0 Å². The number of hydrogen-bond donors (Lipinski definition) is 1. The molecule has 0 aliphatic carbocycles. The van der Waals surface area contributed by atoms with Crippen molar-refractivity contribution in [1.82, 2.24) is 9.55 Å². The van der Waals surface area contributed by atoms with E-state index in [0.29, 0.717) is 6.61 Å². The fourth-order valence-corrected chi connectivity index (χ4v) is 2.52. The first-order valence-electron chi connectivity index (χ1n) is 6.26. The van der Waals surface area contributed by atoms with E-state index in [4.69, 9.17) is 17.0 Å². The summed E-state index contributed by atoms with van der Waals surface area (Å²) in [4.78, 5) is 3.25. The molecule has 0 unspecified atom stereocenters. The highest BCUT2D eigenvalue weighted by Gasteiger charge is 2.20. The Balaban J connectivity index is 2.45. The zero-order valence-corrected chi connectivity index (χ0v) is 12.2. The summed E-state index contributed by atoms with van der Waals surface area (Å²) in [5, 5.41) is 0. The van der Waals surface area contributed by atoms with Gasteiger partial charge in [-0.25, -0.2) is 0 Å². The molecule has 0 aliphatic heterocycles. The third kappa shape index (κ3) is 2.65. The number of H-pyrrole nitrogens is 1. The molecule has 4 heteroatoms. The van der Waals surface area contributed by atoms with Crippen molar-refractivity contribution in [1.29, 1.82) is 0 Å². The van der Waals surface area contributed by atoms with Crippen molar-refractivity contribution in [2.45, 2.75) is 39.8 Å². The molecule has 0 saturated carbocycles. The number of benzene rings is 1. The van der Waals surface area contributed by atoms with Crippen LogP contribution in [-0.4, -0.2) is 21.8 Å². The summed E-state index contributed by atoms with van der Waals surface area (Å²) in [6, 6.07) is 6.34. The minimum atomic E-state index is -0.215. The summed E-state index contributed by atoms with van der Waals surface area (Å²) >= 11 is 5.40. The number of nitrogens with one attached hydrogen (secondary N) is 1. The predicted octanol–water partition coefficient (Wildman–Crippen LogP) is 3.82. The lowest BCUT2D eigenvalue weighted by atomic mass is 10.1. The first-order chi connectivity index (χ1) is 8.43. The molecule has 18 heavy (non-hydrogen) atoms. The molecule has 0 bridgehead atoms. The molecule has 1 heterocycles. The maximum absolute atomic E-state index is 5.75. The molecule has 0 spiro atoms. The molecular weight excluding hydrogens is 244 g/mol. The van der Waals surface area contributed by atoms with Gasteiger partial charge in [-0.05, 0) is 57.6 Å². The number of nitrogens with zero attached hydrogens (tertiary/aromatic N) is 1. The molecule has 3 nitrogen and oxygen atoms in total. The smallest absolute Gasteiger partial charge is 0.178 e. The van der Waals surface area contributed by atoms with Crippen LogP contribution in [0.15, 0.2) is 18.2 Å². The van der Waals surface area contributed by atoms with E-state index >= 15 is 0 Å². The normalized spacial score (nSPS) is 12.2. The van der Waals surface area contributed by atoms with Gasteiger partial charge in [0.15, 0.2) is 4.77 Å². The standard InChI is InChI=1S/C14H20N2OS/c1-5-17-14(3,4)9-16-12-7-6-10(2)8-11(12)15-13(16)18/h6-8H,5,9H2,1-4H3,(H,15,18). The van der Waals surface area contributed by atoms with Gasteiger partial charge in [0, 0.05) is 6.61 Å². The zero-order valence-electron chi connectivity index (χ0n) is 11.4. The second-order valence-corrected chi connectivity index (χ2v) is 5.62. The van der Waals surface area contributed by atoms with Crippen LogP contribution in [0, 0.1) is 11.7 Å². The molecule has 1 aromatic carbocycles. The third-order valence-electron chi connectivity index (χ3n) is 3.00. The van der Waals surface area contributed by atoms with Crippen LogP contribution in [0.25, 0.3) is 11.0 Å². The van der Waals surface area contributed by atoms with Crippen molar-refractivity contribution in [2.75, 3.05) is 6.61 Å². The summed E-state index contributed by atoms with van der Waals surface area (Å²) in [6.07, 6.45) is 0. The zero-order chi connectivity index (χ0) is 13.3. The van der Waals surface area contributed by atoms with Gasteiger partial charge in [0.1, 0.15) is 0 Å². The van der Waals surface area contributed by atoms with Gasteiger partial charge in [-0.15, -0.1) is 0 Å². The molecule has 1 N–H and O–H groups in total. The van der Waals surface area contributed by atoms with Crippen molar-refractivity contribution in [3.63, 3.8) is 0 Å². The molecule has 0 fully saturated rings. The molecule has 2 aromatic rings. The van der Waals surface area contributed by atoms with Crippen LogP contribution in [0.2, 0.25) is 0 Å².